The molecule has 0 amide bonds. The Balaban J connectivity index is 2.12. The Morgan fingerprint density at radius 1 is 1.20 bits per heavy atom. The number of rotatable bonds is 1. The molecule has 1 N–H and O–H groups in total. The Morgan fingerprint density at radius 2 is 1.85 bits per heavy atom. The molecule has 1 heterocycles. The largest absolute Gasteiger partial charge is 0.361 e. The molecule has 1 aromatic heterocycles. The molecule has 0 unspecified atom stereocenters. The third kappa shape index (κ3) is 1.96. The van der Waals surface area contributed by atoms with Crippen molar-refractivity contribution in [3.05, 3.63) is 35.8 Å². The molecule has 0 radical (unpaired) electrons. The van der Waals surface area contributed by atoms with Gasteiger partial charge in [-0.25, -0.2) is 4.39 Å². The van der Waals surface area contributed by atoms with Crippen molar-refractivity contribution in [2.75, 3.05) is 0 Å². The molecule has 20 heavy (non-hydrogen) atoms. The number of aromatic amines is 1. The number of carbonyl (C=O) groups excluding carboxylic acids is 2. The van der Waals surface area contributed by atoms with Crippen LogP contribution in [0.5, 0.6) is 0 Å². The van der Waals surface area contributed by atoms with Gasteiger partial charge in [0.25, 0.3) is 0 Å². The van der Waals surface area contributed by atoms with Gasteiger partial charge in [-0.1, -0.05) is 19.9 Å². The lowest BCUT2D eigenvalue weighted by atomic mass is 9.69. The smallest absolute Gasteiger partial charge is 0.148 e. The second-order valence-electron chi connectivity index (χ2n) is 6.29. The zero-order valence-electron chi connectivity index (χ0n) is 11.5. The predicted molar refractivity (Wildman–Crippen MR) is 74.0 cm³/mol. The first kappa shape index (κ1) is 13.0. The molecule has 104 valence electrons. The van der Waals surface area contributed by atoms with Crippen LogP contribution in [0.3, 0.4) is 0 Å². The molecule has 1 fully saturated rings. The minimum Gasteiger partial charge on any atom is -0.361 e. The van der Waals surface area contributed by atoms with Gasteiger partial charge < -0.3 is 4.98 Å². The zero-order chi connectivity index (χ0) is 14.5. The molecule has 0 atom stereocenters. The molecular weight excluding hydrogens is 257 g/mol. The van der Waals surface area contributed by atoms with Crippen LogP contribution in [0.15, 0.2) is 24.4 Å². The maximum Gasteiger partial charge on any atom is 0.148 e. The fourth-order valence-corrected chi connectivity index (χ4v) is 3.13. The van der Waals surface area contributed by atoms with Gasteiger partial charge in [-0.3, -0.25) is 9.59 Å². The summed E-state index contributed by atoms with van der Waals surface area (Å²) in [6.07, 6.45) is 2.29. The van der Waals surface area contributed by atoms with E-state index < -0.39 is 11.7 Å². The molecule has 3 rings (SSSR count). The van der Waals surface area contributed by atoms with E-state index in [0.29, 0.717) is 29.3 Å². The molecule has 4 heteroatoms. The minimum absolute atomic E-state index is 0.115. The maximum atomic E-state index is 14.0. The van der Waals surface area contributed by atoms with Crippen LogP contribution in [0.2, 0.25) is 0 Å². The number of benzene rings is 1. The Morgan fingerprint density at radius 3 is 2.50 bits per heavy atom. The van der Waals surface area contributed by atoms with Crippen LogP contribution < -0.4 is 0 Å². The SMILES string of the molecule is CC1(C)CC(=O)C(c2c[nH]c3cccc(F)c23)C(=O)C1. The molecule has 0 bridgehead atoms. The molecule has 1 aliphatic carbocycles. The van der Waals surface area contributed by atoms with E-state index in [1.807, 2.05) is 13.8 Å². The van der Waals surface area contributed by atoms with E-state index in [0.717, 1.165) is 0 Å². The Labute approximate surface area is 116 Å². The van der Waals surface area contributed by atoms with Crippen LogP contribution in [0.1, 0.15) is 38.2 Å². The van der Waals surface area contributed by atoms with Gasteiger partial charge in [0.2, 0.25) is 0 Å². The summed E-state index contributed by atoms with van der Waals surface area (Å²) in [7, 11) is 0. The minimum atomic E-state index is -0.825. The molecule has 1 aliphatic rings. The third-order valence-corrected chi connectivity index (χ3v) is 3.95. The van der Waals surface area contributed by atoms with E-state index in [-0.39, 0.29) is 17.0 Å². The second-order valence-corrected chi connectivity index (χ2v) is 6.29. The average molecular weight is 273 g/mol. The van der Waals surface area contributed by atoms with Crippen molar-refractivity contribution in [2.24, 2.45) is 5.41 Å². The molecule has 2 aromatic rings. The summed E-state index contributed by atoms with van der Waals surface area (Å²) in [5, 5.41) is 0.360. The van der Waals surface area contributed by atoms with Crippen LogP contribution in [-0.4, -0.2) is 16.6 Å². The van der Waals surface area contributed by atoms with Crippen molar-refractivity contribution in [2.45, 2.75) is 32.6 Å². The lowest BCUT2D eigenvalue weighted by Crippen LogP contribution is -2.36. The number of carbonyl (C=O) groups is 2. The number of fused-ring (bicyclic) bond motifs is 1. The first-order valence-electron chi connectivity index (χ1n) is 6.70. The van der Waals surface area contributed by atoms with Crippen LogP contribution in [0.4, 0.5) is 4.39 Å². The molecule has 1 aromatic carbocycles. The standard InChI is InChI=1S/C16H16FNO2/c1-16(2)6-12(19)15(13(20)7-16)9-8-18-11-5-3-4-10(17)14(9)11/h3-5,8,15,18H,6-7H2,1-2H3. The van der Waals surface area contributed by atoms with Crippen molar-refractivity contribution in [3.63, 3.8) is 0 Å². The van der Waals surface area contributed by atoms with E-state index in [1.165, 1.54) is 6.07 Å². The highest BCUT2D eigenvalue weighted by atomic mass is 19.1. The number of hydrogen-bond acceptors (Lipinski definition) is 2. The number of hydrogen-bond donors (Lipinski definition) is 1. The Bertz CT molecular complexity index is 694. The van der Waals surface area contributed by atoms with E-state index in [1.54, 1.807) is 18.3 Å². The normalized spacial score (nSPS) is 19.8. The first-order chi connectivity index (χ1) is 9.39. The molecule has 0 aliphatic heterocycles. The van der Waals surface area contributed by atoms with Crippen molar-refractivity contribution >= 4 is 22.5 Å². The van der Waals surface area contributed by atoms with Gasteiger partial charge in [0.05, 0.1) is 0 Å². The average Bonchev–Trinajstić information content (AvgIpc) is 2.72. The summed E-state index contributed by atoms with van der Waals surface area (Å²) in [6, 6.07) is 4.69. The quantitative estimate of drug-likeness (QED) is 0.810. The van der Waals surface area contributed by atoms with E-state index >= 15 is 0 Å². The highest BCUT2D eigenvalue weighted by Crippen LogP contribution is 2.40. The van der Waals surface area contributed by atoms with E-state index in [4.69, 9.17) is 0 Å². The summed E-state index contributed by atoms with van der Waals surface area (Å²) in [4.78, 5) is 27.6. The number of halogens is 1. The van der Waals surface area contributed by atoms with E-state index in [9.17, 15) is 14.0 Å². The number of H-pyrrole nitrogens is 1. The summed E-state index contributed by atoms with van der Waals surface area (Å²) < 4.78 is 14.0. The van der Waals surface area contributed by atoms with Gasteiger partial charge in [-0.2, -0.15) is 0 Å². The number of nitrogens with one attached hydrogen (secondary N) is 1. The third-order valence-electron chi connectivity index (χ3n) is 3.95. The zero-order valence-corrected chi connectivity index (χ0v) is 11.5. The molecule has 0 spiro atoms. The second kappa shape index (κ2) is 4.27. The van der Waals surface area contributed by atoms with Crippen LogP contribution in [0.25, 0.3) is 10.9 Å². The molecule has 0 saturated heterocycles. The number of aromatic nitrogens is 1. The lowest BCUT2D eigenvalue weighted by molar-refractivity contribution is -0.135. The predicted octanol–water partition coefficient (Wildman–Crippen LogP) is 3.35. The van der Waals surface area contributed by atoms with Crippen LogP contribution in [0, 0.1) is 11.2 Å². The van der Waals surface area contributed by atoms with Crippen molar-refractivity contribution < 1.29 is 14.0 Å². The van der Waals surface area contributed by atoms with Gasteiger partial charge in [0, 0.05) is 29.9 Å². The molecule has 1 saturated carbocycles. The summed E-state index contributed by atoms with van der Waals surface area (Å²) >= 11 is 0. The van der Waals surface area contributed by atoms with E-state index in [2.05, 4.69) is 4.98 Å². The Hall–Kier alpha value is -1.97. The molecular formula is C16H16FNO2. The van der Waals surface area contributed by atoms with Gasteiger partial charge in [-0.05, 0) is 23.1 Å². The fraction of sp³-hybridized carbons (Fsp3) is 0.375. The first-order valence-corrected chi connectivity index (χ1v) is 6.70. The van der Waals surface area contributed by atoms with Crippen LogP contribution >= 0.6 is 0 Å². The molecule has 3 nitrogen and oxygen atoms in total. The highest BCUT2D eigenvalue weighted by Gasteiger charge is 2.41. The summed E-state index contributed by atoms with van der Waals surface area (Å²) in [5.74, 6) is -1.45. The van der Waals surface area contributed by atoms with Gasteiger partial charge in [0.15, 0.2) is 0 Å². The number of ketones is 2. The lowest BCUT2D eigenvalue weighted by Gasteiger charge is -2.31. The monoisotopic (exact) mass is 273 g/mol. The van der Waals surface area contributed by atoms with Crippen molar-refractivity contribution in [1.82, 2.24) is 4.98 Å². The maximum absolute atomic E-state index is 14.0. The van der Waals surface area contributed by atoms with Crippen LogP contribution in [-0.2, 0) is 9.59 Å². The highest BCUT2D eigenvalue weighted by molar-refractivity contribution is 6.12. The van der Waals surface area contributed by atoms with Gasteiger partial charge in [0.1, 0.15) is 23.3 Å². The summed E-state index contributed by atoms with van der Waals surface area (Å²) in [6.45, 7) is 3.82. The topological polar surface area (TPSA) is 49.9 Å². The fourth-order valence-electron chi connectivity index (χ4n) is 3.13. The summed E-state index contributed by atoms with van der Waals surface area (Å²) in [5.41, 5.74) is 0.795. The van der Waals surface area contributed by atoms with Gasteiger partial charge in [-0.15, -0.1) is 0 Å². The Kier molecular flexibility index (Phi) is 2.78. The van der Waals surface area contributed by atoms with Crippen molar-refractivity contribution in [1.29, 1.82) is 0 Å². The number of Topliss-reactive ketones (excluding diaryl/α,β-unsaturated/α-hetero) is 2. The van der Waals surface area contributed by atoms with Crippen molar-refractivity contribution in [3.8, 4) is 0 Å². The van der Waals surface area contributed by atoms with Gasteiger partial charge >= 0.3 is 0 Å².